The fourth-order valence-electron chi connectivity index (χ4n) is 4.55. The minimum atomic E-state index is 0. The fraction of sp³-hybridized carbons (Fsp3) is 0.0968. The van der Waals surface area contributed by atoms with E-state index in [0.717, 1.165) is 57.1 Å². The van der Waals surface area contributed by atoms with Crippen molar-refractivity contribution in [3.8, 4) is 33.8 Å². The van der Waals surface area contributed by atoms with Crippen LogP contribution in [0.2, 0.25) is 0 Å². The van der Waals surface area contributed by atoms with E-state index in [1.165, 1.54) is 0 Å². The number of rotatable bonds is 6. The van der Waals surface area contributed by atoms with E-state index in [1.807, 2.05) is 68.6 Å². The molecule has 0 spiro atoms. The van der Waals surface area contributed by atoms with Crippen LogP contribution in [0.5, 0.6) is 0 Å². The van der Waals surface area contributed by atoms with E-state index >= 15 is 0 Å². The molecule has 0 unspecified atom stereocenters. The Hall–Kier alpha value is -4.31. The van der Waals surface area contributed by atoms with Gasteiger partial charge in [0, 0.05) is 34.1 Å². The predicted octanol–water partition coefficient (Wildman–Crippen LogP) is 6.59. The minimum absolute atomic E-state index is 0. The van der Waals surface area contributed by atoms with Crippen molar-refractivity contribution in [2.45, 2.75) is 20.8 Å². The quantitative estimate of drug-likeness (QED) is 0.226. The van der Waals surface area contributed by atoms with Crippen LogP contribution in [0, 0.1) is 27.1 Å². The van der Waals surface area contributed by atoms with Gasteiger partial charge in [0.05, 0.1) is 17.1 Å². The Kier molecular flexibility index (Phi) is 7.06. The third kappa shape index (κ3) is 4.70. The van der Waals surface area contributed by atoms with E-state index in [4.69, 9.17) is 15.3 Å². The Bertz CT molecular complexity index is 1450. The van der Waals surface area contributed by atoms with Crippen LogP contribution in [-0.2, 0) is 17.4 Å². The fourth-order valence-corrected chi connectivity index (χ4v) is 4.55. The molecular formula is C31H27CrN6-. The van der Waals surface area contributed by atoms with Crippen LogP contribution < -0.4 is 0 Å². The molecule has 0 amide bonds. The van der Waals surface area contributed by atoms with Crippen LogP contribution in [0.25, 0.3) is 33.8 Å². The van der Waals surface area contributed by atoms with E-state index in [1.54, 1.807) is 0 Å². The zero-order valence-corrected chi connectivity index (χ0v) is 22.8. The van der Waals surface area contributed by atoms with Gasteiger partial charge < -0.3 is 0 Å². The molecule has 6 rings (SSSR count). The summed E-state index contributed by atoms with van der Waals surface area (Å²) >= 11 is 0. The van der Waals surface area contributed by atoms with Gasteiger partial charge in [0.25, 0.3) is 0 Å². The van der Waals surface area contributed by atoms with E-state index < -0.39 is 0 Å². The Morgan fingerprint density at radius 3 is 0.974 bits per heavy atom. The summed E-state index contributed by atoms with van der Waals surface area (Å²) in [5, 5.41) is 15.1. The van der Waals surface area contributed by atoms with Gasteiger partial charge in [-0.15, -0.1) is 0 Å². The first kappa shape index (κ1) is 25.3. The van der Waals surface area contributed by atoms with Gasteiger partial charge in [-0.25, -0.2) is 0 Å². The molecule has 3 aromatic carbocycles. The number of benzene rings is 3. The molecule has 0 fully saturated rings. The van der Waals surface area contributed by atoms with Crippen molar-refractivity contribution in [1.82, 2.24) is 29.3 Å². The van der Waals surface area contributed by atoms with Crippen molar-refractivity contribution in [1.29, 1.82) is 0 Å². The summed E-state index contributed by atoms with van der Waals surface area (Å²) in [5.74, 6) is 0. The summed E-state index contributed by atoms with van der Waals surface area (Å²) in [4.78, 5) is 0. The van der Waals surface area contributed by atoms with Crippen LogP contribution in [0.1, 0.15) is 17.1 Å². The Morgan fingerprint density at radius 1 is 0.447 bits per heavy atom. The Balaban J connectivity index is 0.00000294. The molecular weight excluding hydrogens is 508 g/mol. The van der Waals surface area contributed by atoms with Gasteiger partial charge in [0.1, 0.15) is 0 Å². The van der Waals surface area contributed by atoms with Crippen molar-refractivity contribution >= 4 is 0 Å². The molecule has 0 aliphatic rings. The summed E-state index contributed by atoms with van der Waals surface area (Å²) in [6.45, 7) is 6.19. The van der Waals surface area contributed by atoms with Crippen molar-refractivity contribution in [2.24, 2.45) is 0 Å². The third-order valence-corrected chi connectivity index (χ3v) is 6.44. The van der Waals surface area contributed by atoms with Crippen LogP contribution in [0.15, 0.2) is 109 Å². The number of hydrogen-bond donors (Lipinski definition) is 0. The molecule has 6 nitrogen and oxygen atoms in total. The predicted molar refractivity (Wildman–Crippen MR) is 147 cm³/mol. The summed E-state index contributed by atoms with van der Waals surface area (Å²) in [6.07, 6.45) is 0.735. The molecule has 0 N–H and O–H groups in total. The maximum absolute atomic E-state index is 5.04. The minimum Gasteiger partial charge on any atom is -0.283 e. The second-order valence-corrected chi connectivity index (χ2v) is 9.15. The van der Waals surface area contributed by atoms with Crippen LogP contribution in [0.3, 0.4) is 0 Å². The maximum Gasteiger partial charge on any atom is 0.161 e. The van der Waals surface area contributed by atoms with E-state index in [-0.39, 0.29) is 17.4 Å². The Labute approximate surface area is 233 Å². The summed E-state index contributed by atoms with van der Waals surface area (Å²) < 4.78 is 5.81. The van der Waals surface area contributed by atoms with Gasteiger partial charge in [-0.2, -0.15) is 15.3 Å². The zero-order chi connectivity index (χ0) is 25.4. The normalized spacial score (nSPS) is 10.8. The molecule has 0 bridgehead atoms. The summed E-state index contributed by atoms with van der Waals surface area (Å²) in [6, 6.07) is 37.0. The first-order valence-corrected chi connectivity index (χ1v) is 12.3. The first-order valence-electron chi connectivity index (χ1n) is 12.3. The van der Waals surface area contributed by atoms with E-state index in [0.29, 0.717) is 0 Å². The molecule has 3 heterocycles. The van der Waals surface area contributed by atoms with Gasteiger partial charge >= 0.3 is 0 Å². The molecule has 0 atom stereocenters. The van der Waals surface area contributed by atoms with Crippen molar-refractivity contribution in [3.63, 3.8) is 0 Å². The first-order chi connectivity index (χ1) is 18.1. The standard InChI is InChI=1S/C31H27N6.Cr/c1-22-19-28(25-13-7-4-8-14-25)32-35(22)31(36-23(2)20-29(33-36)26-15-9-5-10-16-26)37-24(3)21-30(34-37)27-17-11-6-12-18-27;/h4-21H,1-3H3;/q-1;. The molecule has 0 aliphatic heterocycles. The van der Waals surface area contributed by atoms with E-state index in [2.05, 4.69) is 75.4 Å². The molecule has 6 aromatic rings. The zero-order valence-electron chi connectivity index (χ0n) is 21.5. The van der Waals surface area contributed by atoms with Crippen molar-refractivity contribution in [2.75, 3.05) is 0 Å². The van der Waals surface area contributed by atoms with Gasteiger partial charge in [-0.05, 0) is 17.1 Å². The smallest absolute Gasteiger partial charge is 0.161 e. The Morgan fingerprint density at radius 2 is 0.711 bits per heavy atom. The van der Waals surface area contributed by atoms with Crippen molar-refractivity contribution < 1.29 is 17.4 Å². The SMILES string of the molecule is Cc1cc(-c2ccccc2)nn1[C-](n1nc(-c2ccccc2)cc1C)n1nc(-c2ccccc2)cc1C.[Cr]. The molecule has 0 saturated carbocycles. The van der Waals surface area contributed by atoms with Gasteiger partial charge in [0.2, 0.25) is 0 Å². The van der Waals surface area contributed by atoms with Crippen LogP contribution in [0.4, 0.5) is 0 Å². The molecule has 188 valence electrons. The largest absolute Gasteiger partial charge is 0.283 e. The second-order valence-electron chi connectivity index (χ2n) is 9.15. The van der Waals surface area contributed by atoms with Crippen LogP contribution in [-0.4, -0.2) is 29.3 Å². The number of hydrogen-bond acceptors (Lipinski definition) is 3. The average molecular weight is 536 g/mol. The summed E-state index contributed by atoms with van der Waals surface area (Å²) in [7, 11) is 0. The maximum atomic E-state index is 5.04. The molecule has 3 aromatic heterocycles. The topological polar surface area (TPSA) is 53.5 Å². The summed E-state index contributed by atoms with van der Waals surface area (Å²) in [5.41, 5.74) is 8.85. The number of nitrogens with zero attached hydrogens (tertiary/aromatic N) is 6. The molecule has 0 aliphatic carbocycles. The number of aromatic nitrogens is 6. The van der Waals surface area contributed by atoms with Gasteiger partial charge in [-0.3, -0.25) is 14.0 Å². The van der Waals surface area contributed by atoms with Gasteiger partial charge in [0.15, 0.2) is 6.29 Å². The molecule has 0 saturated heterocycles. The third-order valence-electron chi connectivity index (χ3n) is 6.44. The average Bonchev–Trinajstić information content (AvgIpc) is 3.64. The molecule has 0 radical (unpaired) electrons. The monoisotopic (exact) mass is 535 g/mol. The van der Waals surface area contributed by atoms with Gasteiger partial charge in [-0.1, -0.05) is 130 Å². The van der Waals surface area contributed by atoms with Crippen molar-refractivity contribution in [3.05, 3.63) is 133 Å². The number of aryl methyl sites for hydroxylation is 3. The molecule has 38 heavy (non-hydrogen) atoms. The molecule has 7 heteroatoms. The second kappa shape index (κ2) is 10.6. The van der Waals surface area contributed by atoms with E-state index in [9.17, 15) is 0 Å². The van der Waals surface area contributed by atoms with Crippen LogP contribution >= 0.6 is 0 Å².